The highest BCUT2D eigenvalue weighted by molar-refractivity contribution is 9.10. The van der Waals surface area contributed by atoms with Gasteiger partial charge in [0.15, 0.2) is 0 Å². The monoisotopic (exact) mass is 369 g/mol. The van der Waals surface area contributed by atoms with Gasteiger partial charge in [-0.15, -0.1) is 0 Å². The SMILES string of the molecule is COC(=O)c1ccc(Br)cc1-c1cccc([N+](=O)[O-])c1.S. The Hall–Kier alpha value is -1.86. The Labute approximate surface area is 136 Å². The predicted octanol–water partition coefficient (Wildman–Crippen LogP) is 3.92. The molecule has 2 rings (SSSR count). The number of rotatable bonds is 3. The van der Waals surface area contributed by atoms with E-state index in [1.807, 2.05) is 0 Å². The second-order valence-corrected chi connectivity index (χ2v) is 4.90. The van der Waals surface area contributed by atoms with Gasteiger partial charge in [-0.1, -0.05) is 28.1 Å². The quantitative estimate of drug-likeness (QED) is 0.467. The van der Waals surface area contributed by atoms with Gasteiger partial charge in [0.2, 0.25) is 0 Å². The van der Waals surface area contributed by atoms with Crippen LogP contribution in [0.3, 0.4) is 0 Å². The Morgan fingerprint density at radius 2 is 1.95 bits per heavy atom. The topological polar surface area (TPSA) is 69.4 Å². The highest BCUT2D eigenvalue weighted by atomic mass is 79.9. The van der Waals surface area contributed by atoms with Crippen molar-refractivity contribution < 1.29 is 14.5 Å². The summed E-state index contributed by atoms with van der Waals surface area (Å²) < 4.78 is 5.50. The van der Waals surface area contributed by atoms with Crippen molar-refractivity contribution in [2.75, 3.05) is 7.11 Å². The first-order valence-corrected chi connectivity index (χ1v) is 6.45. The molecule has 110 valence electrons. The lowest BCUT2D eigenvalue weighted by atomic mass is 9.99. The van der Waals surface area contributed by atoms with Crippen molar-refractivity contribution in [2.24, 2.45) is 0 Å². The number of hydrogen-bond acceptors (Lipinski definition) is 4. The minimum atomic E-state index is -0.487. The maximum absolute atomic E-state index is 11.8. The van der Waals surface area contributed by atoms with Crippen LogP contribution in [0.25, 0.3) is 11.1 Å². The number of ether oxygens (including phenoxy) is 1. The number of nitro benzene ring substituents is 1. The zero-order valence-corrected chi connectivity index (χ0v) is 13.6. The molecule has 0 atom stereocenters. The fourth-order valence-corrected chi connectivity index (χ4v) is 2.19. The second kappa shape index (κ2) is 7.24. The third-order valence-corrected chi connectivity index (χ3v) is 3.25. The molecule has 0 aliphatic carbocycles. The molecule has 7 heteroatoms. The maximum Gasteiger partial charge on any atom is 0.338 e. The molecular weight excluding hydrogens is 358 g/mol. The van der Waals surface area contributed by atoms with Crippen LogP contribution in [0.15, 0.2) is 46.9 Å². The molecule has 0 fully saturated rings. The highest BCUT2D eigenvalue weighted by Crippen LogP contribution is 2.30. The number of methoxy groups -OCH3 is 1. The van der Waals surface area contributed by atoms with E-state index in [4.69, 9.17) is 4.74 Å². The number of nitro groups is 1. The standard InChI is InChI=1S/C14H10BrNO4.H2S/c1-20-14(17)12-6-5-10(15)8-13(12)9-3-2-4-11(7-9)16(18)19;/h2-8H,1H3;1H2. The molecule has 0 heterocycles. The molecular formula is C14H12BrNO4S. The molecule has 0 unspecified atom stereocenters. The van der Waals surface area contributed by atoms with Crippen molar-refractivity contribution in [3.05, 3.63) is 62.6 Å². The Kier molecular flexibility index (Phi) is 5.92. The van der Waals surface area contributed by atoms with Crippen LogP contribution in [0.4, 0.5) is 5.69 Å². The van der Waals surface area contributed by atoms with Crippen molar-refractivity contribution in [1.82, 2.24) is 0 Å². The molecule has 0 aliphatic rings. The minimum Gasteiger partial charge on any atom is -0.465 e. The number of benzene rings is 2. The molecule has 0 aliphatic heterocycles. The second-order valence-electron chi connectivity index (χ2n) is 3.99. The summed E-state index contributed by atoms with van der Waals surface area (Å²) in [5, 5.41) is 10.8. The molecule has 5 nitrogen and oxygen atoms in total. The Bertz CT molecular complexity index is 690. The van der Waals surface area contributed by atoms with Gasteiger partial charge < -0.3 is 4.74 Å². The molecule has 21 heavy (non-hydrogen) atoms. The average molecular weight is 370 g/mol. The van der Waals surface area contributed by atoms with Gasteiger partial charge in [-0.3, -0.25) is 10.1 Å². The van der Waals surface area contributed by atoms with E-state index in [2.05, 4.69) is 15.9 Å². The van der Waals surface area contributed by atoms with Gasteiger partial charge in [0.25, 0.3) is 5.69 Å². The molecule has 0 N–H and O–H groups in total. The minimum absolute atomic E-state index is 0. The Morgan fingerprint density at radius 3 is 2.57 bits per heavy atom. The highest BCUT2D eigenvalue weighted by Gasteiger charge is 2.15. The van der Waals surface area contributed by atoms with E-state index in [9.17, 15) is 14.9 Å². The van der Waals surface area contributed by atoms with E-state index in [0.717, 1.165) is 4.47 Å². The van der Waals surface area contributed by atoms with Gasteiger partial charge in [-0.25, -0.2) is 4.79 Å². The maximum atomic E-state index is 11.8. The Morgan fingerprint density at radius 1 is 1.24 bits per heavy atom. The fraction of sp³-hybridized carbons (Fsp3) is 0.0714. The van der Waals surface area contributed by atoms with Crippen LogP contribution < -0.4 is 0 Å². The van der Waals surface area contributed by atoms with E-state index < -0.39 is 10.9 Å². The molecule has 0 spiro atoms. The summed E-state index contributed by atoms with van der Waals surface area (Å²) in [7, 11) is 1.29. The lowest BCUT2D eigenvalue weighted by Crippen LogP contribution is -2.03. The first-order chi connectivity index (χ1) is 9.52. The summed E-state index contributed by atoms with van der Waals surface area (Å²) in [5.74, 6) is -0.487. The molecule has 0 saturated carbocycles. The van der Waals surface area contributed by atoms with Gasteiger partial charge in [-0.05, 0) is 29.3 Å². The zero-order valence-electron chi connectivity index (χ0n) is 11.0. The van der Waals surface area contributed by atoms with Gasteiger partial charge >= 0.3 is 5.97 Å². The summed E-state index contributed by atoms with van der Waals surface area (Å²) >= 11 is 3.33. The number of esters is 1. The smallest absolute Gasteiger partial charge is 0.338 e. The predicted molar refractivity (Wildman–Crippen MR) is 88.0 cm³/mol. The van der Waals surface area contributed by atoms with Crippen LogP contribution in [0, 0.1) is 10.1 Å². The zero-order chi connectivity index (χ0) is 14.7. The number of hydrogen-bond donors (Lipinski definition) is 0. The molecule has 0 bridgehead atoms. The third-order valence-electron chi connectivity index (χ3n) is 2.75. The molecule has 2 aromatic carbocycles. The van der Waals surface area contributed by atoms with E-state index in [-0.39, 0.29) is 19.2 Å². The van der Waals surface area contributed by atoms with Crippen molar-refractivity contribution in [2.45, 2.75) is 0 Å². The first-order valence-electron chi connectivity index (χ1n) is 5.65. The van der Waals surface area contributed by atoms with Crippen LogP contribution in [0.5, 0.6) is 0 Å². The number of carbonyl (C=O) groups is 1. The number of non-ortho nitro benzene ring substituents is 1. The lowest BCUT2D eigenvalue weighted by molar-refractivity contribution is -0.384. The third kappa shape index (κ3) is 3.83. The largest absolute Gasteiger partial charge is 0.465 e. The van der Waals surface area contributed by atoms with E-state index >= 15 is 0 Å². The number of halogens is 1. The van der Waals surface area contributed by atoms with Crippen molar-refractivity contribution in [1.29, 1.82) is 0 Å². The van der Waals surface area contributed by atoms with Crippen LogP contribution in [-0.4, -0.2) is 18.0 Å². The van der Waals surface area contributed by atoms with Crippen LogP contribution >= 0.6 is 29.4 Å². The molecule has 0 amide bonds. The molecule has 0 saturated heterocycles. The molecule has 0 radical (unpaired) electrons. The first kappa shape index (κ1) is 17.2. The van der Waals surface area contributed by atoms with Crippen molar-refractivity contribution >= 4 is 41.1 Å². The average Bonchev–Trinajstić information content (AvgIpc) is 2.46. The van der Waals surface area contributed by atoms with Gasteiger partial charge in [-0.2, -0.15) is 13.5 Å². The van der Waals surface area contributed by atoms with Crippen molar-refractivity contribution in [3.8, 4) is 11.1 Å². The normalized spacial score (nSPS) is 9.62. The summed E-state index contributed by atoms with van der Waals surface area (Å²) in [4.78, 5) is 22.1. The summed E-state index contributed by atoms with van der Waals surface area (Å²) in [6, 6.07) is 11.2. The van der Waals surface area contributed by atoms with Crippen LogP contribution in [0.2, 0.25) is 0 Å². The summed E-state index contributed by atoms with van der Waals surface area (Å²) in [6.45, 7) is 0. The lowest BCUT2D eigenvalue weighted by Gasteiger charge is -2.08. The number of nitrogens with zero attached hydrogens (tertiary/aromatic N) is 1. The van der Waals surface area contributed by atoms with Gasteiger partial charge in [0.1, 0.15) is 0 Å². The van der Waals surface area contributed by atoms with Crippen LogP contribution in [-0.2, 0) is 4.74 Å². The van der Waals surface area contributed by atoms with E-state index in [1.165, 1.54) is 19.2 Å². The van der Waals surface area contributed by atoms with Gasteiger partial charge in [0.05, 0.1) is 17.6 Å². The Balaban J connectivity index is 0.00000220. The number of carbonyl (C=O) groups excluding carboxylic acids is 1. The van der Waals surface area contributed by atoms with Crippen molar-refractivity contribution in [3.63, 3.8) is 0 Å². The summed E-state index contributed by atoms with van der Waals surface area (Å²) in [5.41, 5.74) is 1.49. The van der Waals surface area contributed by atoms with E-state index in [1.54, 1.807) is 30.3 Å². The molecule has 0 aromatic heterocycles. The van der Waals surface area contributed by atoms with Crippen LogP contribution in [0.1, 0.15) is 10.4 Å². The molecule has 2 aromatic rings. The van der Waals surface area contributed by atoms with Gasteiger partial charge in [0, 0.05) is 16.6 Å². The summed E-state index contributed by atoms with van der Waals surface area (Å²) in [6.07, 6.45) is 0. The fourth-order valence-electron chi connectivity index (χ4n) is 1.83. The van der Waals surface area contributed by atoms with E-state index in [0.29, 0.717) is 16.7 Å².